The third-order valence-corrected chi connectivity index (χ3v) is 5.05. The molecule has 0 aliphatic carbocycles. The van der Waals surface area contributed by atoms with Gasteiger partial charge in [0.05, 0.1) is 5.69 Å². The van der Waals surface area contributed by atoms with E-state index in [0.717, 1.165) is 37.0 Å². The zero-order chi connectivity index (χ0) is 16.0. The first-order valence-corrected chi connectivity index (χ1v) is 8.33. The van der Waals surface area contributed by atoms with E-state index in [0.29, 0.717) is 12.1 Å². The molecular formula is C18H23N5. The maximum atomic E-state index is 4.62. The monoisotopic (exact) mass is 309 g/mol. The van der Waals surface area contributed by atoms with Crippen LogP contribution in [-0.2, 0) is 6.54 Å². The molecule has 3 fully saturated rings. The molecular weight excluding hydrogens is 286 g/mol. The Morgan fingerprint density at radius 3 is 2.43 bits per heavy atom. The minimum atomic E-state index is 0.597. The van der Waals surface area contributed by atoms with E-state index in [9.17, 15) is 0 Å². The fourth-order valence-electron chi connectivity index (χ4n) is 3.81. The van der Waals surface area contributed by atoms with E-state index in [4.69, 9.17) is 0 Å². The molecule has 0 saturated carbocycles. The number of piperazine rings is 1. The fourth-order valence-corrected chi connectivity index (χ4v) is 3.81. The van der Waals surface area contributed by atoms with Crippen LogP contribution in [0, 0.1) is 20.8 Å². The van der Waals surface area contributed by atoms with Crippen LogP contribution in [0.5, 0.6) is 0 Å². The quantitative estimate of drug-likeness (QED) is 0.870. The largest absolute Gasteiger partial charge is 0.338 e. The van der Waals surface area contributed by atoms with Gasteiger partial charge in [0, 0.05) is 49.3 Å². The number of anilines is 1. The Labute approximate surface area is 137 Å². The zero-order valence-corrected chi connectivity index (χ0v) is 14.0. The molecule has 5 heteroatoms. The van der Waals surface area contributed by atoms with Gasteiger partial charge < -0.3 is 4.90 Å². The summed E-state index contributed by atoms with van der Waals surface area (Å²) in [5.41, 5.74) is 4.59. The molecule has 2 unspecified atom stereocenters. The predicted octanol–water partition coefficient (Wildman–Crippen LogP) is 2.26. The summed E-state index contributed by atoms with van der Waals surface area (Å²) in [6.45, 7) is 9.23. The van der Waals surface area contributed by atoms with Crippen molar-refractivity contribution in [3.8, 4) is 0 Å². The highest BCUT2D eigenvalue weighted by Crippen LogP contribution is 2.35. The van der Waals surface area contributed by atoms with Gasteiger partial charge in [0.2, 0.25) is 5.95 Å². The van der Waals surface area contributed by atoms with E-state index in [1.807, 2.05) is 32.2 Å². The number of aromatic nitrogens is 3. The number of aryl methyl sites for hydroxylation is 3. The zero-order valence-electron chi connectivity index (χ0n) is 14.0. The minimum absolute atomic E-state index is 0.597. The second-order valence-electron chi connectivity index (χ2n) is 6.84. The molecule has 23 heavy (non-hydrogen) atoms. The predicted molar refractivity (Wildman–Crippen MR) is 90.4 cm³/mol. The number of piperidine rings is 1. The molecule has 3 aliphatic rings. The Bertz CT molecular complexity index is 697. The van der Waals surface area contributed by atoms with Crippen molar-refractivity contribution >= 4 is 5.95 Å². The van der Waals surface area contributed by atoms with Crippen molar-refractivity contribution in [2.24, 2.45) is 0 Å². The lowest BCUT2D eigenvalue weighted by molar-refractivity contribution is -0.0101. The van der Waals surface area contributed by atoms with E-state index < -0.39 is 0 Å². The summed E-state index contributed by atoms with van der Waals surface area (Å²) < 4.78 is 0. The average molecular weight is 309 g/mol. The van der Waals surface area contributed by atoms with E-state index in [1.165, 1.54) is 17.7 Å². The first-order valence-electron chi connectivity index (χ1n) is 8.33. The maximum absolute atomic E-state index is 4.62. The Morgan fingerprint density at radius 1 is 1.09 bits per heavy atom. The van der Waals surface area contributed by atoms with Crippen LogP contribution in [-0.4, -0.2) is 45.0 Å². The highest BCUT2D eigenvalue weighted by atomic mass is 15.4. The van der Waals surface area contributed by atoms with Crippen LogP contribution in [0.25, 0.3) is 0 Å². The Hall–Kier alpha value is -2.01. The van der Waals surface area contributed by atoms with Gasteiger partial charge in [0.15, 0.2) is 0 Å². The first kappa shape index (κ1) is 14.6. The number of hydrogen-bond acceptors (Lipinski definition) is 5. The molecule has 5 nitrogen and oxygen atoms in total. The Morgan fingerprint density at radius 2 is 1.78 bits per heavy atom. The maximum Gasteiger partial charge on any atom is 0.225 e. The number of rotatable bonds is 3. The fraction of sp³-hybridized carbons (Fsp3) is 0.500. The van der Waals surface area contributed by atoms with Gasteiger partial charge in [-0.25, -0.2) is 9.97 Å². The average Bonchev–Trinajstić information content (AvgIpc) is 2.53. The lowest BCUT2D eigenvalue weighted by atomic mass is 9.87. The third-order valence-electron chi connectivity index (χ3n) is 5.05. The normalized spacial score (nSPS) is 23.7. The number of pyridine rings is 1. The Balaban J connectivity index is 1.47. The van der Waals surface area contributed by atoms with Crippen LogP contribution >= 0.6 is 0 Å². The van der Waals surface area contributed by atoms with Gasteiger partial charge in [-0.1, -0.05) is 6.07 Å². The molecule has 0 N–H and O–H groups in total. The summed E-state index contributed by atoms with van der Waals surface area (Å²) in [4.78, 5) is 18.7. The van der Waals surface area contributed by atoms with E-state index >= 15 is 0 Å². The van der Waals surface area contributed by atoms with Gasteiger partial charge in [-0.15, -0.1) is 0 Å². The van der Waals surface area contributed by atoms with Gasteiger partial charge in [0.25, 0.3) is 0 Å². The van der Waals surface area contributed by atoms with Crippen molar-refractivity contribution in [3.63, 3.8) is 0 Å². The molecule has 5 rings (SSSR count). The molecule has 2 aromatic heterocycles. The molecule has 0 aromatic carbocycles. The molecule has 120 valence electrons. The van der Waals surface area contributed by atoms with Gasteiger partial charge in [0.1, 0.15) is 0 Å². The van der Waals surface area contributed by atoms with Crippen LogP contribution < -0.4 is 4.90 Å². The van der Waals surface area contributed by atoms with Crippen molar-refractivity contribution in [2.45, 2.75) is 45.8 Å². The number of hydrogen-bond donors (Lipinski definition) is 0. The lowest BCUT2D eigenvalue weighted by Gasteiger charge is -2.56. The number of nitrogens with zero attached hydrogens (tertiary/aromatic N) is 5. The summed E-state index contributed by atoms with van der Waals surface area (Å²) in [6, 6.07) is 7.38. The van der Waals surface area contributed by atoms with E-state index in [1.54, 1.807) is 0 Å². The van der Waals surface area contributed by atoms with Crippen molar-refractivity contribution < 1.29 is 0 Å². The standard InChI is InChI=1S/C18H23N5/c1-12-5-4-6-19-17(12)11-23-15-8-16(23)10-22(9-15)18-20-13(2)7-14(3)21-18/h4-7,15-16H,8-11H2,1-3H3. The van der Waals surface area contributed by atoms with Crippen molar-refractivity contribution in [3.05, 3.63) is 47.0 Å². The van der Waals surface area contributed by atoms with Gasteiger partial charge in [-0.3, -0.25) is 9.88 Å². The van der Waals surface area contributed by atoms with Crippen molar-refractivity contribution in [1.82, 2.24) is 19.9 Å². The Kier molecular flexibility index (Phi) is 3.53. The molecule has 0 amide bonds. The summed E-state index contributed by atoms with van der Waals surface area (Å²) in [5, 5.41) is 0. The van der Waals surface area contributed by atoms with Crippen LogP contribution in [0.1, 0.15) is 29.1 Å². The number of fused-ring (bicyclic) bond motifs is 2. The molecule has 2 bridgehead atoms. The second-order valence-corrected chi connectivity index (χ2v) is 6.84. The summed E-state index contributed by atoms with van der Waals surface area (Å²) >= 11 is 0. The first-order chi connectivity index (χ1) is 11.1. The van der Waals surface area contributed by atoms with Crippen LogP contribution in [0.2, 0.25) is 0 Å². The van der Waals surface area contributed by atoms with Crippen LogP contribution in [0.4, 0.5) is 5.95 Å². The SMILES string of the molecule is Cc1cc(C)nc(N2CC3CC(C2)N3Cc2ncccc2C)n1. The van der Waals surface area contributed by atoms with Gasteiger partial charge in [-0.05, 0) is 44.9 Å². The summed E-state index contributed by atoms with van der Waals surface area (Å²) in [5.74, 6) is 0.894. The molecule has 2 atom stereocenters. The smallest absolute Gasteiger partial charge is 0.225 e. The van der Waals surface area contributed by atoms with E-state index in [2.05, 4.69) is 37.7 Å². The lowest BCUT2D eigenvalue weighted by Crippen LogP contribution is -2.68. The van der Waals surface area contributed by atoms with Crippen LogP contribution in [0.3, 0.4) is 0 Å². The molecule has 3 saturated heterocycles. The third kappa shape index (κ3) is 2.70. The van der Waals surface area contributed by atoms with Crippen LogP contribution in [0.15, 0.2) is 24.4 Å². The van der Waals surface area contributed by atoms with Crippen molar-refractivity contribution in [2.75, 3.05) is 18.0 Å². The minimum Gasteiger partial charge on any atom is -0.338 e. The highest BCUT2D eigenvalue weighted by molar-refractivity contribution is 5.36. The molecule has 5 heterocycles. The molecule has 3 aliphatic heterocycles. The summed E-state index contributed by atoms with van der Waals surface area (Å²) in [6.07, 6.45) is 3.18. The summed E-state index contributed by atoms with van der Waals surface area (Å²) in [7, 11) is 0. The molecule has 0 radical (unpaired) electrons. The van der Waals surface area contributed by atoms with Gasteiger partial charge in [-0.2, -0.15) is 0 Å². The molecule has 0 spiro atoms. The highest BCUT2D eigenvalue weighted by Gasteiger charge is 2.45. The molecule has 2 aromatic rings. The van der Waals surface area contributed by atoms with Crippen molar-refractivity contribution in [1.29, 1.82) is 0 Å². The van der Waals surface area contributed by atoms with Gasteiger partial charge >= 0.3 is 0 Å². The second kappa shape index (κ2) is 5.57. The van der Waals surface area contributed by atoms with E-state index in [-0.39, 0.29) is 0 Å². The topological polar surface area (TPSA) is 45.2 Å².